The van der Waals surface area contributed by atoms with Gasteiger partial charge in [-0.05, 0) is 36.2 Å². The van der Waals surface area contributed by atoms with Gasteiger partial charge in [0, 0.05) is 28.8 Å². The fourth-order valence-corrected chi connectivity index (χ4v) is 2.19. The van der Waals surface area contributed by atoms with E-state index < -0.39 is 4.92 Å². The van der Waals surface area contributed by atoms with E-state index in [2.05, 4.69) is 31.4 Å². The lowest BCUT2D eigenvalue weighted by molar-refractivity contribution is -0.384. The molecule has 8 heteroatoms. The maximum atomic E-state index is 11.0. The lowest BCUT2D eigenvalue weighted by Crippen LogP contribution is -2.09. The third-order valence-electron chi connectivity index (χ3n) is 2.88. The standard InChI is InChI=1S/C12H13BrN4O3/c1-7-10(8(2)20-16-7)3-4-14-12-11(17(18)19)5-9(13)6-15-12/h5-6H,3-4H2,1-2H3,(H,14,15). The topological polar surface area (TPSA) is 94.1 Å². The SMILES string of the molecule is Cc1noc(C)c1CCNc1ncc(Br)cc1[N+](=O)[O-]. The summed E-state index contributed by atoms with van der Waals surface area (Å²) in [5.74, 6) is 1.02. The van der Waals surface area contributed by atoms with E-state index in [9.17, 15) is 10.1 Å². The molecule has 0 aliphatic rings. The minimum absolute atomic E-state index is 0.0573. The first kappa shape index (κ1) is 14.4. The van der Waals surface area contributed by atoms with Gasteiger partial charge in [0.25, 0.3) is 0 Å². The van der Waals surface area contributed by atoms with Gasteiger partial charge in [-0.2, -0.15) is 0 Å². The van der Waals surface area contributed by atoms with E-state index in [0.29, 0.717) is 17.4 Å². The van der Waals surface area contributed by atoms with Crippen LogP contribution in [0, 0.1) is 24.0 Å². The Kier molecular flexibility index (Phi) is 4.33. The Morgan fingerprint density at radius 2 is 2.25 bits per heavy atom. The van der Waals surface area contributed by atoms with Crippen molar-refractivity contribution < 1.29 is 9.45 Å². The molecule has 7 nitrogen and oxygen atoms in total. The zero-order chi connectivity index (χ0) is 14.7. The van der Waals surface area contributed by atoms with Crippen LogP contribution < -0.4 is 5.32 Å². The smallest absolute Gasteiger partial charge is 0.312 e. The van der Waals surface area contributed by atoms with Gasteiger partial charge in [-0.3, -0.25) is 10.1 Å². The quantitative estimate of drug-likeness (QED) is 0.664. The Labute approximate surface area is 123 Å². The van der Waals surface area contributed by atoms with E-state index in [4.69, 9.17) is 4.52 Å². The second-order valence-corrected chi connectivity index (χ2v) is 5.17. The first-order valence-electron chi connectivity index (χ1n) is 5.94. The largest absolute Gasteiger partial charge is 0.364 e. The number of anilines is 1. The lowest BCUT2D eigenvalue weighted by atomic mass is 10.1. The van der Waals surface area contributed by atoms with Crippen LogP contribution in [0.5, 0.6) is 0 Å². The van der Waals surface area contributed by atoms with E-state index >= 15 is 0 Å². The van der Waals surface area contributed by atoms with Crippen LogP contribution in [-0.4, -0.2) is 21.6 Å². The van der Waals surface area contributed by atoms with E-state index in [1.807, 2.05) is 13.8 Å². The van der Waals surface area contributed by atoms with Crippen LogP contribution in [0.2, 0.25) is 0 Å². The maximum absolute atomic E-state index is 11.0. The van der Waals surface area contributed by atoms with Crippen molar-refractivity contribution in [3.8, 4) is 0 Å². The number of nitrogens with one attached hydrogen (secondary N) is 1. The Morgan fingerprint density at radius 1 is 1.50 bits per heavy atom. The number of aryl methyl sites for hydroxylation is 2. The van der Waals surface area contributed by atoms with Gasteiger partial charge in [0.15, 0.2) is 0 Å². The van der Waals surface area contributed by atoms with Crippen LogP contribution >= 0.6 is 15.9 Å². The first-order chi connectivity index (χ1) is 9.49. The molecule has 1 N–H and O–H groups in total. The molecule has 2 rings (SSSR count). The molecule has 0 aliphatic carbocycles. The number of aromatic nitrogens is 2. The molecule has 0 aliphatic heterocycles. The van der Waals surface area contributed by atoms with E-state index in [1.165, 1.54) is 12.3 Å². The van der Waals surface area contributed by atoms with Gasteiger partial charge in [0.1, 0.15) is 5.76 Å². The second kappa shape index (κ2) is 6.00. The van der Waals surface area contributed by atoms with Crippen molar-refractivity contribution in [1.29, 1.82) is 0 Å². The Hall–Kier alpha value is -1.96. The number of halogens is 1. The summed E-state index contributed by atoms with van der Waals surface area (Å²) in [5.41, 5.74) is 1.79. The van der Waals surface area contributed by atoms with Crippen molar-refractivity contribution in [1.82, 2.24) is 10.1 Å². The molecule has 0 atom stereocenters. The van der Waals surface area contributed by atoms with Crippen LogP contribution in [0.15, 0.2) is 21.3 Å². The molecule has 2 aromatic rings. The van der Waals surface area contributed by atoms with Crippen LogP contribution in [0.4, 0.5) is 11.5 Å². The number of hydrogen-bond acceptors (Lipinski definition) is 6. The predicted octanol–water partition coefficient (Wildman–Crippen LogP) is 3.01. The summed E-state index contributed by atoms with van der Waals surface area (Å²) in [6.07, 6.45) is 2.18. The zero-order valence-corrected chi connectivity index (χ0v) is 12.6. The van der Waals surface area contributed by atoms with Crippen LogP contribution in [0.1, 0.15) is 17.0 Å². The van der Waals surface area contributed by atoms with Crippen LogP contribution in [0.25, 0.3) is 0 Å². The molecule has 0 amide bonds. The fourth-order valence-electron chi connectivity index (χ4n) is 1.87. The highest BCUT2D eigenvalue weighted by Crippen LogP contribution is 2.25. The molecule has 20 heavy (non-hydrogen) atoms. The molecule has 0 saturated heterocycles. The van der Waals surface area contributed by atoms with E-state index in [-0.39, 0.29) is 11.5 Å². The highest BCUT2D eigenvalue weighted by molar-refractivity contribution is 9.10. The fraction of sp³-hybridized carbons (Fsp3) is 0.333. The van der Waals surface area contributed by atoms with E-state index in [1.54, 1.807) is 0 Å². The summed E-state index contributed by atoms with van der Waals surface area (Å²) in [4.78, 5) is 14.5. The monoisotopic (exact) mass is 340 g/mol. The van der Waals surface area contributed by atoms with Crippen molar-refractivity contribution in [3.05, 3.63) is 43.9 Å². The van der Waals surface area contributed by atoms with Gasteiger partial charge in [0.05, 0.1) is 10.6 Å². The summed E-state index contributed by atoms with van der Waals surface area (Å²) >= 11 is 3.17. The van der Waals surface area contributed by atoms with Gasteiger partial charge in [0.2, 0.25) is 5.82 Å². The molecule has 2 heterocycles. The molecule has 0 unspecified atom stereocenters. The number of nitro groups is 1. The Morgan fingerprint density at radius 3 is 2.85 bits per heavy atom. The highest BCUT2D eigenvalue weighted by atomic mass is 79.9. The van der Waals surface area contributed by atoms with Crippen molar-refractivity contribution in [3.63, 3.8) is 0 Å². The number of nitrogens with zero attached hydrogens (tertiary/aromatic N) is 3. The molecular weight excluding hydrogens is 328 g/mol. The Bertz CT molecular complexity index is 622. The molecule has 106 valence electrons. The van der Waals surface area contributed by atoms with Gasteiger partial charge < -0.3 is 9.84 Å². The van der Waals surface area contributed by atoms with Gasteiger partial charge in [-0.1, -0.05) is 5.16 Å². The Balaban J connectivity index is 2.06. The van der Waals surface area contributed by atoms with Gasteiger partial charge in [-0.15, -0.1) is 0 Å². The molecule has 0 saturated carbocycles. The molecular formula is C12H13BrN4O3. The normalized spacial score (nSPS) is 10.6. The average molecular weight is 341 g/mol. The summed E-state index contributed by atoms with van der Waals surface area (Å²) in [5, 5.41) is 17.8. The molecule has 2 aromatic heterocycles. The minimum atomic E-state index is -0.462. The summed E-state index contributed by atoms with van der Waals surface area (Å²) in [6.45, 7) is 4.22. The first-order valence-corrected chi connectivity index (χ1v) is 6.74. The third-order valence-corrected chi connectivity index (χ3v) is 3.31. The summed E-state index contributed by atoms with van der Waals surface area (Å²) in [6, 6.07) is 1.42. The van der Waals surface area contributed by atoms with Crippen LogP contribution in [-0.2, 0) is 6.42 Å². The van der Waals surface area contributed by atoms with E-state index in [0.717, 1.165) is 17.0 Å². The summed E-state index contributed by atoms with van der Waals surface area (Å²) < 4.78 is 5.64. The predicted molar refractivity (Wildman–Crippen MR) is 76.8 cm³/mol. The molecule has 0 fully saturated rings. The number of pyridine rings is 1. The van der Waals surface area contributed by atoms with Gasteiger partial charge >= 0.3 is 5.69 Å². The number of hydrogen-bond donors (Lipinski definition) is 1. The van der Waals surface area contributed by atoms with Crippen molar-refractivity contribution in [2.45, 2.75) is 20.3 Å². The molecule has 0 bridgehead atoms. The van der Waals surface area contributed by atoms with Crippen molar-refractivity contribution >= 4 is 27.4 Å². The van der Waals surface area contributed by atoms with Crippen LogP contribution in [0.3, 0.4) is 0 Å². The molecule has 0 aromatic carbocycles. The lowest BCUT2D eigenvalue weighted by Gasteiger charge is -2.06. The second-order valence-electron chi connectivity index (χ2n) is 4.26. The maximum Gasteiger partial charge on any atom is 0.312 e. The van der Waals surface area contributed by atoms with Crippen molar-refractivity contribution in [2.75, 3.05) is 11.9 Å². The van der Waals surface area contributed by atoms with Crippen molar-refractivity contribution in [2.24, 2.45) is 0 Å². The zero-order valence-electron chi connectivity index (χ0n) is 11.0. The third kappa shape index (κ3) is 3.13. The summed E-state index contributed by atoms with van der Waals surface area (Å²) in [7, 11) is 0. The number of rotatable bonds is 5. The molecule has 0 radical (unpaired) electrons. The van der Waals surface area contributed by atoms with Gasteiger partial charge in [-0.25, -0.2) is 4.98 Å². The average Bonchev–Trinajstić information content (AvgIpc) is 2.71. The highest BCUT2D eigenvalue weighted by Gasteiger charge is 2.16. The molecule has 0 spiro atoms. The minimum Gasteiger partial charge on any atom is -0.364 e.